The molecule has 0 unspecified atom stereocenters. The van der Waals surface area contributed by atoms with E-state index in [0.29, 0.717) is 0 Å². The number of quaternary nitrogens is 2. The lowest BCUT2D eigenvalue weighted by Crippen LogP contribution is -2.42. The van der Waals surface area contributed by atoms with Gasteiger partial charge in [-0.15, -0.1) is 5.43 Å². The number of hydrogen-bond acceptors (Lipinski definition) is 17. The first-order valence-electron chi connectivity index (χ1n) is 7.20. The van der Waals surface area contributed by atoms with E-state index in [9.17, 15) is 20.2 Å². The molecule has 0 fully saturated rings. The second kappa shape index (κ2) is 10.5. The first kappa shape index (κ1) is 23.1. The summed E-state index contributed by atoms with van der Waals surface area (Å²) < 4.78 is 18.5. The van der Waals surface area contributed by atoms with Gasteiger partial charge < -0.3 is 18.3 Å². The fourth-order valence-electron chi connectivity index (χ4n) is 1.75. The quantitative estimate of drug-likeness (QED) is 0.159. The lowest BCUT2D eigenvalue weighted by molar-refractivity contribution is -0.670. The van der Waals surface area contributed by atoms with Crippen molar-refractivity contribution >= 4 is 5.82 Å². The second-order valence-electron chi connectivity index (χ2n) is 4.39. The predicted octanol–water partition coefficient (Wildman–Crippen LogP) is -3.69. The molecule has 0 amide bonds. The van der Waals surface area contributed by atoms with E-state index in [2.05, 4.69) is 72.5 Å². The van der Waals surface area contributed by atoms with Crippen LogP contribution in [0, 0.1) is 20.2 Å². The van der Waals surface area contributed by atoms with Crippen molar-refractivity contribution in [1.82, 2.24) is 40.9 Å². The van der Waals surface area contributed by atoms with Crippen molar-refractivity contribution in [3.63, 3.8) is 0 Å². The highest BCUT2D eigenvalue weighted by atomic mass is 16.7. The molecule has 0 atom stereocenters. The third kappa shape index (κ3) is 5.04. The Kier molecular flexibility index (Phi) is 7.60. The number of rotatable bonds is 6. The molecule has 0 aromatic carbocycles. The van der Waals surface area contributed by atoms with E-state index >= 15 is 0 Å². The van der Waals surface area contributed by atoms with Gasteiger partial charge in [0, 0.05) is 0 Å². The van der Waals surface area contributed by atoms with E-state index in [1.54, 1.807) is 0 Å². The highest BCUT2D eigenvalue weighted by molar-refractivity contribution is 5.66. The molecule has 0 aliphatic heterocycles. The van der Waals surface area contributed by atoms with E-state index in [-0.39, 0.29) is 34.8 Å². The number of nitro groups is 2. The zero-order chi connectivity index (χ0) is 23.7. The maximum atomic E-state index is 10.5. The molecule has 32 heavy (non-hydrogen) atoms. The molecule has 0 aliphatic carbocycles. The summed E-state index contributed by atoms with van der Waals surface area (Å²) in [6, 6.07) is 0. The van der Waals surface area contributed by atoms with E-state index in [1.807, 2.05) is 0 Å². The zero-order valence-corrected chi connectivity index (χ0v) is 14.9. The number of hydrogen-bond donors (Lipinski definition) is 4. The summed E-state index contributed by atoms with van der Waals surface area (Å²) in [7, 11) is 0. The van der Waals surface area contributed by atoms with E-state index in [0.717, 1.165) is 0 Å². The van der Waals surface area contributed by atoms with Crippen LogP contribution < -0.4 is 22.4 Å². The monoisotopic (exact) mass is 460 g/mol. The molecule has 0 aliphatic rings. The fraction of sp³-hybridized carbons (Fsp3) is 0. The van der Waals surface area contributed by atoms with Gasteiger partial charge in [0.1, 0.15) is 10.5 Å². The summed E-state index contributed by atoms with van der Waals surface area (Å²) >= 11 is 0. The standard InChI is InChI=1S/C8N12O8.2H4NO/c21-19(22)11-5-1(13-27-17-5)3-9-7(25-15-3)8-10-4(16-26-8)2-6(12-20(23)24)18-28-14-2;2*1-2/h;2*2H,1H3/q-2;2*+1. The Labute approximate surface area is 169 Å². The van der Waals surface area contributed by atoms with Crippen LogP contribution in [0.3, 0.4) is 0 Å². The lowest BCUT2D eigenvalue weighted by Gasteiger charge is -1.97. The van der Waals surface area contributed by atoms with Gasteiger partial charge in [-0.25, -0.2) is 32.3 Å². The van der Waals surface area contributed by atoms with Crippen molar-refractivity contribution in [2.24, 2.45) is 5.10 Å². The third-order valence-electron chi connectivity index (χ3n) is 2.75. The Morgan fingerprint density at radius 1 is 0.906 bits per heavy atom. The third-order valence-corrected chi connectivity index (χ3v) is 2.75. The van der Waals surface area contributed by atoms with Crippen molar-refractivity contribution in [2.45, 2.75) is 0 Å². The van der Waals surface area contributed by atoms with Crippen LogP contribution in [0.15, 0.2) is 23.4 Å². The van der Waals surface area contributed by atoms with Crippen LogP contribution in [0.1, 0.15) is 0 Å². The normalized spacial score (nSPS) is 10.6. The van der Waals surface area contributed by atoms with Crippen LogP contribution in [0.5, 0.6) is 0 Å². The molecule has 8 N–H and O–H groups in total. The van der Waals surface area contributed by atoms with Crippen LogP contribution in [0.25, 0.3) is 40.2 Å². The van der Waals surface area contributed by atoms with Gasteiger partial charge in [0.05, 0.1) is 16.5 Å². The Morgan fingerprint density at radius 2 is 1.50 bits per heavy atom. The van der Waals surface area contributed by atoms with Crippen LogP contribution in [-0.4, -0.2) is 56.2 Å². The summed E-state index contributed by atoms with van der Waals surface area (Å²) in [5.41, 5.74) is 1.89. The maximum absolute atomic E-state index is 10.5. The van der Waals surface area contributed by atoms with Crippen LogP contribution in [-0.2, 0) is 0 Å². The first-order valence-corrected chi connectivity index (χ1v) is 7.20. The molecule has 4 rings (SSSR count). The molecule has 0 bridgehead atoms. The smallest absolute Gasteiger partial charge is 0.316 e. The maximum Gasteiger partial charge on any atom is 0.316 e. The van der Waals surface area contributed by atoms with Gasteiger partial charge in [-0.1, -0.05) is 20.6 Å². The van der Waals surface area contributed by atoms with Gasteiger partial charge in [-0.2, -0.15) is 20.3 Å². The molecule has 4 heterocycles. The summed E-state index contributed by atoms with van der Waals surface area (Å²) in [5.74, 6) is 2.80. The van der Waals surface area contributed by atoms with Crippen molar-refractivity contribution in [2.75, 3.05) is 0 Å². The molecule has 4 aromatic heterocycles. The SMILES string of the molecule is O=[N+]([O-])/N=c1\[n-]onc1-c1noc(-c2nc(-c3nonc3[N-][N+](=O)[O-])no2)n1.[NH3+]O.[NH3+]O. The molecule has 0 saturated heterocycles. The van der Waals surface area contributed by atoms with E-state index in [1.165, 1.54) is 0 Å². The summed E-state index contributed by atoms with van der Waals surface area (Å²) in [6.45, 7) is 0. The minimum Gasteiger partial charge on any atom is -0.381 e. The number of aromatic nitrogens is 8. The minimum atomic E-state index is -1.02. The van der Waals surface area contributed by atoms with Crippen molar-refractivity contribution in [3.05, 3.63) is 31.1 Å². The van der Waals surface area contributed by atoms with Gasteiger partial charge in [-0.05, 0) is 0 Å². The molecule has 24 nitrogen and oxygen atoms in total. The average molecular weight is 460 g/mol. The van der Waals surface area contributed by atoms with Gasteiger partial charge in [-0.3, -0.25) is 15.3 Å². The Bertz CT molecular complexity index is 1230. The Balaban J connectivity index is 0.000000860. The molecule has 24 heteroatoms. The summed E-state index contributed by atoms with van der Waals surface area (Å²) in [6.07, 6.45) is 0. The zero-order valence-electron chi connectivity index (χ0n) is 14.9. The topological polar surface area (TPSA) is 365 Å². The molecule has 170 valence electrons. The minimum absolute atomic E-state index is 0.274. The average Bonchev–Trinajstić information content (AvgIpc) is 3.56. The molecule has 0 spiro atoms. The first-order chi connectivity index (χ1) is 15.5. The van der Waals surface area contributed by atoms with Gasteiger partial charge in [0.15, 0.2) is 5.69 Å². The van der Waals surface area contributed by atoms with Crippen LogP contribution >= 0.6 is 0 Å². The van der Waals surface area contributed by atoms with Gasteiger partial charge >= 0.3 is 11.8 Å². The fourth-order valence-corrected chi connectivity index (χ4v) is 1.75. The van der Waals surface area contributed by atoms with Crippen LogP contribution in [0.2, 0.25) is 0 Å². The molecule has 0 radical (unpaired) electrons. The highest BCUT2D eigenvalue weighted by Gasteiger charge is 2.21. The van der Waals surface area contributed by atoms with Crippen molar-refractivity contribution in [3.8, 4) is 34.8 Å². The second-order valence-corrected chi connectivity index (χ2v) is 4.39. The van der Waals surface area contributed by atoms with Crippen molar-refractivity contribution < 1.29 is 50.6 Å². The molecule has 0 saturated carbocycles. The highest BCUT2D eigenvalue weighted by Crippen LogP contribution is 2.29. The Hall–Kier alpha value is -5.20. The lowest BCUT2D eigenvalue weighted by atomic mass is 10.4. The van der Waals surface area contributed by atoms with Crippen molar-refractivity contribution in [1.29, 1.82) is 0 Å². The summed E-state index contributed by atoms with van der Waals surface area (Å²) in [5, 5.41) is 55.6. The Morgan fingerprint density at radius 3 is 2.06 bits per heavy atom. The molecule has 4 aromatic rings. The largest absolute Gasteiger partial charge is 0.381 e. The predicted molar refractivity (Wildman–Crippen MR) is 81.6 cm³/mol. The summed E-state index contributed by atoms with van der Waals surface area (Å²) in [4.78, 5) is 28.6. The van der Waals surface area contributed by atoms with Gasteiger partial charge in [0.2, 0.25) is 11.6 Å². The van der Waals surface area contributed by atoms with E-state index < -0.39 is 21.4 Å². The molecular weight excluding hydrogens is 452 g/mol. The van der Waals surface area contributed by atoms with Crippen LogP contribution in [0.4, 0.5) is 5.82 Å². The number of nitrogens with zero attached hydrogens (tertiary/aromatic N) is 12. The molecular formula is C8H8N14O10. The van der Waals surface area contributed by atoms with Gasteiger partial charge in [0.25, 0.3) is 0 Å². The van der Waals surface area contributed by atoms with E-state index in [4.69, 9.17) is 19.5 Å².